The van der Waals surface area contributed by atoms with Crippen LogP contribution in [0.3, 0.4) is 0 Å². The quantitative estimate of drug-likeness (QED) is 0.522. The number of hydrogen-bond acceptors (Lipinski definition) is 5. The Labute approximate surface area is 108 Å². The molecular formula is C12H10N2OS2. The molecule has 2 aromatic rings. The minimum Gasteiger partial charge on any atom is -0.297 e. The molecular weight excluding hydrogens is 252 g/mol. The summed E-state index contributed by atoms with van der Waals surface area (Å²) in [6.07, 6.45) is 0. The lowest BCUT2D eigenvalue weighted by Crippen LogP contribution is -2.13. The van der Waals surface area contributed by atoms with Gasteiger partial charge in [0.05, 0.1) is 5.75 Å². The van der Waals surface area contributed by atoms with Crippen molar-refractivity contribution in [3.8, 4) is 0 Å². The standard InChI is InChI=1S/C12H10N2OS2/c1-2-4-10-7-11(6-5-9(10)3-1)16-8-12-13-15-17-14-12/h1-7H,8H2,(H,13,14). The minimum absolute atomic E-state index is 0.797. The third-order valence-corrected chi connectivity index (χ3v) is 3.91. The molecule has 1 aliphatic heterocycles. The van der Waals surface area contributed by atoms with Gasteiger partial charge in [-0.25, -0.2) is 0 Å². The zero-order valence-corrected chi connectivity index (χ0v) is 10.6. The predicted octanol–water partition coefficient (Wildman–Crippen LogP) is 3.43. The highest BCUT2D eigenvalue weighted by molar-refractivity contribution is 8.00. The summed E-state index contributed by atoms with van der Waals surface area (Å²) in [5.41, 5.74) is 0. The molecule has 17 heavy (non-hydrogen) atoms. The first-order valence-corrected chi connectivity index (χ1v) is 6.92. The van der Waals surface area contributed by atoms with Crippen molar-refractivity contribution in [2.24, 2.45) is 5.16 Å². The first-order chi connectivity index (χ1) is 8.42. The number of amidine groups is 1. The van der Waals surface area contributed by atoms with Crippen LogP contribution in [0.5, 0.6) is 0 Å². The maximum absolute atomic E-state index is 4.80. The fourth-order valence-electron chi connectivity index (χ4n) is 1.61. The molecule has 2 aromatic carbocycles. The number of thioether (sulfide) groups is 1. The molecule has 0 amide bonds. The number of rotatable bonds is 3. The van der Waals surface area contributed by atoms with Gasteiger partial charge in [0.1, 0.15) is 0 Å². The van der Waals surface area contributed by atoms with Crippen LogP contribution in [-0.2, 0) is 4.28 Å². The zero-order chi connectivity index (χ0) is 11.5. The fourth-order valence-corrected chi connectivity index (χ4v) is 2.88. The van der Waals surface area contributed by atoms with E-state index < -0.39 is 0 Å². The van der Waals surface area contributed by atoms with E-state index in [4.69, 9.17) is 4.28 Å². The van der Waals surface area contributed by atoms with E-state index >= 15 is 0 Å². The Balaban J connectivity index is 1.76. The molecule has 0 bridgehead atoms. The van der Waals surface area contributed by atoms with E-state index in [-0.39, 0.29) is 0 Å². The maximum Gasteiger partial charge on any atom is 0.208 e. The van der Waals surface area contributed by atoms with E-state index in [0.29, 0.717) is 0 Å². The van der Waals surface area contributed by atoms with Crippen molar-refractivity contribution in [2.45, 2.75) is 4.90 Å². The van der Waals surface area contributed by atoms with Crippen LogP contribution >= 0.6 is 24.0 Å². The van der Waals surface area contributed by atoms with Crippen molar-refractivity contribution < 1.29 is 4.28 Å². The van der Waals surface area contributed by atoms with Gasteiger partial charge in [-0.2, -0.15) is 0 Å². The van der Waals surface area contributed by atoms with Gasteiger partial charge in [0.25, 0.3) is 0 Å². The molecule has 1 aliphatic rings. The Morgan fingerprint density at radius 1 is 1.18 bits per heavy atom. The normalized spacial score (nSPS) is 14.2. The molecule has 3 nitrogen and oxygen atoms in total. The molecule has 0 atom stereocenters. The molecule has 1 N–H and O–H groups in total. The Hall–Kier alpha value is -1.33. The van der Waals surface area contributed by atoms with Crippen molar-refractivity contribution in [1.29, 1.82) is 0 Å². The van der Waals surface area contributed by atoms with Crippen molar-refractivity contribution in [3.63, 3.8) is 0 Å². The lowest BCUT2D eigenvalue weighted by atomic mass is 10.1. The van der Waals surface area contributed by atoms with E-state index in [0.717, 1.165) is 23.8 Å². The Kier molecular flexibility index (Phi) is 3.11. The van der Waals surface area contributed by atoms with Gasteiger partial charge in [-0.3, -0.25) is 9.01 Å². The average molecular weight is 262 g/mol. The predicted molar refractivity (Wildman–Crippen MR) is 73.9 cm³/mol. The van der Waals surface area contributed by atoms with Crippen LogP contribution in [0.15, 0.2) is 52.5 Å². The number of nitrogens with one attached hydrogen (secondary N) is 1. The third kappa shape index (κ3) is 2.50. The molecule has 0 unspecified atom stereocenters. The first kappa shape index (κ1) is 10.8. The smallest absolute Gasteiger partial charge is 0.208 e. The van der Waals surface area contributed by atoms with Crippen LogP contribution in [-0.4, -0.2) is 11.6 Å². The Morgan fingerprint density at radius 3 is 2.88 bits per heavy atom. The molecule has 5 heteroatoms. The second-order valence-electron chi connectivity index (χ2n) is 3.60. The Bertz CT molecular complexity index is 571. The summed E-state index contributed by atoms with van der Waals surface area (Å²) in [5, 5.41) is 6.40. The number of benzene rings is 2. The van der Waals surface area contributed by atoms with Crippen molar-refractivity contribution in [1.82, 2.24) is 4.72 Å². The van der Waals surface area contributed by atoms with Crippen molar-refractivity contribution >= 4 is 40.6 Å². The van der Waals surface area contributed by atoms with Crippen LogP contribution in [0.25, 0.3) is 10.8 Å². The highest BCUT2D eigenvalue weighted by Crippen LogP contribution is 2.24. The monoisotopic (exact) mass is 262 g/mol. The van der Waals surface area contributed by atoms with Gasteiger partial charge in [-0.1, -0.05) is 35.5 Å². The molecule has 3 rings (SSSR count). The van der Waals surface area contributed by atoms with Gasteiger partial charge < -0.3 is 0 Å². The van der Waals surface area contributed by atoms with Gasteiger partial charge in [0.2, 0.25) is 12.2 Å². The summed E-state index contributed by atoms with van der Waals surface area (Å²) >= 11 is 2.90. The molecule has 0 aromatic heterocycles. The SMILES string of the molecule is c1ccc2cc(SCC3=NOSN3)ccc2c1. The number of fused-ring (bicyclic) bond motifs is 1. The van der Waals surface area contributed by atoms with Crippen LogP contribution in [0.1, 0.15) is 0 Å². The van der Waals surface area contributed by atoms with Crippen LogP contribution in [0.2, 0.25) is 0 Å². The Morgan fingerprint density at radius 2 is 2.06 bits per heavy atom. The fraction of sp³-hybridized carbons (Fsp3) is 0.0833. The summed E-state index contributed by atoms with van der Waals surface area (Å²) in [7, 11) is 0. The summed E-state index contributed by atoms with van der Waals surface area (Å²) in [5.74, 6) is 1.67. The highest BCUT2D eigenvalue weighted by atomic mass is 32.2. The number of oxime groups is 1. The van der Waals surface area contributed by atoms with Gasteiger partial charge in [-0.15, -0.1) is 11.8 Å². The molecule has 0 spiro atoms. The van der Waals surface area contributed by atoms with Crippen LogP contribution in [0, 0.1) is 0 Å². The molecule has 0 saturated carbocycles. The summed E-state index contributed by atoms with van der Waals surface area (Å²) < 4.78 is 7.78. The van der Waals surface area contributed by atoms with E-state index in [1.807, 2.05) is 0 Å². The summed E-state index contributed by atoms with van der Waals surface area (Å²) in [4.78, 5) is 1.24. The van der Waals surface area contributed by atoms with E-state index in [2.05, 4.69) is 52.3 Å². The maximum atomic E-state index is 4.80. The van der Waals surface area contributed by atoms with Gasteiger partial charge >= 0.3 is 0 Å². The first-order valence-electron chi connectivity index (χ1n) is 5.19. The van der Waals surface area contributed by atoms with Crippen molar-refractivity contribution in [2.75, 3.05) is 5.75 Å². The molecule has 0 fully saturated rings. The van der Waals surface area contributed by atoms with Crippen LogP contribution < -0.4 is 4.72 Å². The molecule has 1 heterocycles. The van der Waals surface area contributed by atoms with Gasteiger partial charge in [0.15, 0.2) is 5.84 Å². The summed E-state index contributed by atoms with van der Waals surface area (Å²) in [6.45, 7) is 0. The third-order valence-electron chi connectivity index (χ3n) is 2.44. The molecule has 86 valence electrons. The lowest BCUT2D eigenvalue weighted by molar-refractivity contribution is 0.416. The molecule has 0 aliphatic carbocycles. The minimum atomic E-state index is 0.797. The second kappa shape index (κ2) is 4.89. The summed E-state index contributed by atoms with van der Waals surface area (Å²) in [6, 6.07) is 14.8. The van der Waals surface area contributed by atoms with E-state index in [1.54, 1.807) is 11.8 Å². The van der Waals surface area contributed by atoms with E-state index in [1.165, 1.54) is 15.7 Å². The topological polar surface area (TPSA) is 33.6 Å². The van der Waals surface area contributed by atoms with Gasteiger partial charge in [0, 0.05) is 4.90 Å². The van der Waals surface area contributed by atoms with E-state index in [9.17, 15) is 0 Å². The van der Waals surface area contributed by atoms with Crippen LogP contribution in [0.4, 0.5) is 0 Å². The second-order valence-corrected chi connectivity index (χ2v) is 5.16. The van der Waals surface area contributed by atoms with Gasteiger partial charge in [-0.05, 0) is 22.9 Å². The largest absolute Gasteiger partial charge is 0.297 e. The highest BCUT2D eigenvalue weighted by Gasteiger charge is 2.08. The molecule has 0 saturated heterocycles. The average Bonchev–Trinajstić information content (AvgIpc) is 2.89. The molecule has 0 radical (unpaired) electrons. The number of nitrogens with zero attached hydrogens (tertiary/aromatic N) is 1. The zero-order valence-electron chi connectivity index (χ0n) is 8.92. The van der Waals surface area contributed by atoms with Crippen molar-refractivity contribution in [3.05, 3.63) is 42.5 Å². The lowest BCUT2D eigenvalue weighted by Gasteiger charge is -2.02. The number of hydrogen-bond donors (Lipinski definition) is 1.